The molecule has 0 aliphatic rings. The highest BCUT2D eigenvalue weighted by Gasteiger charge is 2.02. The van der Waals surface area contributed by atoms with Crippen LogP contribution in [0.4, 0.5) is 0 Å². The standard InChI is InChI=1S/C14H21NOS/c1-2-3-4-5-10-15-14(16)11-12-6-8-13(17)9-7-12/h6-9,17H,2-5,10-11H2,1H3,(H,15,16). The molecule has 2 nitrogen and oxygen atoms in total. The molecule has 1 N–H and O–H groups in total. The molecular weight excluding hydrogens is 230 g/mol. The van der Waals surface area contributed by atoms with E-state index in [9.17, 15) is 4.79 Å². The molecule has 3 heteroatoms. The number of rotatable bonds is 7. The van der Waals surface area contributed by atoms with Gasteiger partial charge < -0.3 is 5.32 Å². The Morgan fingerprint density at radius 3 is 2.53 bits per heavy atom. The van der Waals surface area contributed by atoms with E-state index in [0.29, 0.717) is 6.42 Å². The van der Waals surface area contributed by atoms with Gasteiger partial charge in [0.2, 0.25) is 5.91 Å². The van der Waals surface area contributed by atoms with Gasteiger partial charge in [-0.2, -0.15) is 0 Å². The van der Waals surface area contributed by atoms with E-state index in [-0.39, 0.29) is 5.91 Å². The fraction of sp³-hybridized carbons (Fsp3) is 0.500. The van der Waals surface area contributed by atoms with Gasteiger partial charge in [0.05, 0.1) is 6.42 Å². The summed E-state index contributed by atoms with van der Waals surface area (Å²) in [6.45, 7) is 2.98. The van der Waals surface area contributed by atoms with E-state index in [1.807, 2.05) is 24.3 Å². The quantitative estimate of drug-likeness (QED) is 0.565. The first-order chi connectivity index (χ1) is 8.22. The predicted octanol–water partition coefficient (Wildman–Crippen LogP) is 3.21. The maximum atomic E-state index is 11.6. The zero-order chi connectivity index (χ0) is 12.5. The largest absolute Gasteiger partial charge is 0.356 e. The SMILES string of the molecule is CCCCCCNC(=O)Cc1ccc(S)cc1. The molecule has 17 heavy (non-hydrogen) atoms. The Hall–Kier alpha value is -0.960. The van der Waals surface area contributed by atoms with E-state index < -0.39 is 0 Å². The summed E-state index contributed by atoms with van der Waals surface area (Å²) >= 11 is 4.21. The Balaban J connectivity index is 2.18. The molecule has 0 saturated heterocycles. The minimum Gasteiger partial charge on any atom is -0.356 e. The Morgan fingerprint density at radius 1 is 1.18 bits per heavy atom. The van der Waals surface area contributed by atoms with Crippen LogP contribution in [0.1, 0.15) is 38.2 Å². The third-order valence-electron chi connectivity index (χ3n) is 2.65. The third-order valence-corrected chi connectivity index (χ3v) is 2.95. The van der Waals surface area contributed by atoms with Gasteiger partial charge >= 0.3 is 0 Å². The van der Waals surface area contributed by atoms with Gasteiger partial charge in [-0.15, -0.1) is 12.6 Å². The Kier molecular flexibility index (Phi) is 6.78. The lowest BCUT2D eigenvalue weighted by atomic mass is 10.1. The van der Waals surface area contributed by atoms with Crippen LogP contribution >= 0.6 is 12.6 Å². The molecular formula is C14H21NOS. The summed E-state index contributed by atoms with van der Waals surface area (Å²) in [5.74, 6) is 0.105. The summed E-state index contributed by atoms with van der Waals surface area (Å²) in [7, 11) is 0. The summed E-state index contributed by atoms with van der Waals surface area (Å²) in [6.07, 6.45) is 5.21. The van der Waals surface area contributed by atoms with Crippen molar-refractivity contribution in [1.82, 2.24) is 5.32 Å². The first-order valence-electron chi connectivity index (χ1n) is 6.27. The van der Waals surface area contributed by atoms with Crippen LogP contribution in [0.2, 0.25) is 0 Å². The second-order valence-electron chi connectivity index (χ2n) is 4.25. The second kappa shape index (κ2) is 8.18. The zero-order valence-electron chi connectivity index (χ0n) is 10.4. The fourth-order valence-electron chi connectivity index (χ4n) is 1.64. The molecule has 0 aliphatic carbocycles. The van der Waals surface area contributed by atoms with Gasteiger partial charge in [0.15, 0.2) is 0 Å². The van der Waals surface area contributed by atoms with Crippen LogP contribution in [0, 0.1) is 0 Å². The maximum absolute atomic E-state index is 11.6. The minimum atomic E-state index is 0.105. The number of amides is 1. The molecule has 0 spiro atoms. The highest BCUT2D eigenvalue weighted by atomic mass is 32.1. The lowest BCUT2D eigenvalue weighted by molar-refractivity contribution is -0.120. The smallest absolute Gasteiger partial charge is 0.224 e. The van der Waals surface area contributed by atoms with Crippen LogP contribution in [-0.2, 0) is 11.2 Å². The molecule has 0 aliphatic heterocycles. The molecule has 0 aromatic heterocycles. The van der Waals surface area contributed by atoms with Gasteiger partial charge in [-0.25, -0.2) is 0 Å². The van der Waals surface area contributed by atoms with Crippen molar-refractivity contribution in [1.29, 1.82) is 0 Å². The Bertz CT molecular complexity index is 335. The molecule has 1 rings (SSSR count). The van der Waals surface area contributed by atoms with Crippen molar-refractivity contribution in [3.8, 4) is 0 Å². The van der Waals surface area contributed by atoms with Gasteiger partial charge in [-0.05, 0) is 24.1 Å². The lowest BCUT2D eigenvalue weighted by Gasteiger charge is -2.05. The Morgan fingerprint density at radius 2 is 1.88 bits per heavy atom. The van der Waals surface area contributed by atoms with Gasteiger partial charge in [0, 0.05) is 11.4 Å². The number of hydrogen-bond donors (Lipinski definition) is 2. The molecule has 1 amide bonds. The molecule has 0 unspecified atom stereocenters. The molecule has 0 atom stereocenters. The van der Waals surface area contributed by atoms with Crippen molar-refractivity contribution in [2.75, 3.05) is 6.54 Å². The van der Waals surface area contributed by atoms with Crippen LogP contribution in [0.25, 0.3) is 0 Å². The number of carbonyl (C=O) groups excluding carboxylic acids is 1. The van der Waals surface area contributed by atoms with E-state index in [4.69, 9.17) is 0 Å². The van der Waals surface area contributed by atoms with Crippen molar-refractivity contribution < 1.29 is 4.79 Å². The minimum absolute atomic E-state index is 0.105. The number of hydrogen-bond acceptors (Lipinski definition) is 2. The maximum Gasteiger partial charge on any atom is 0.224 e. The molecule has 1 aromatic rings. The highest BCUT2D eigenvalue weighted by molar-refractivity contribution is 7.80. The summed E-state index contributed by atoms with van der Waals surface area (Å²) < 4.78 is 0. The van der Waals surface area contributed by atoms with Crippen LogP contribution in [0.5, 0.6) is 0 Å². The van der Waals surface area contributed by atoms with Crippen LogP contribution in [0.3, 0.4) is 0 Å². The van der Waals surface area contributed by atoms with E-state index in [1.54, 1.807) is 0 Å². The number of nitrogens with one attached hydrogen (secondary N) is 1. The number of thiol groups is 1. The molecule has 1 aromatic carbocycles. The number of unbranched alkanes of at least 4 members (excludes halogenated alkanes) is 3. The third kappa shape index (κ3) is 6.37. The molecule has 0 radical (unpaired) electrons. The van der Waals surface area contributed by atoms with E-state index >= 15 is 0 Å². The first-order valence-corrected chi connectivity index (χ1v) is 6.71. The van der Waals surface area contributed by atoms with E-state index in [1.165, 1.54) is 19.3 Å². The molecule has 0 bridgehead atoms. The van der Waals surface area contributed by atoms with E-state index in [2.05, 4.69) is 24.9 Å². The second-order valence-corrected chi connectivity index (χ2v) is 4.77. The van der Waals surface area contributed by atoms with E-state index in [0.717, 1.165) is 23.4 Å². The van der Waals surface area contributed by atoms with Crippen molar-refractivity contribution in [3.05, 3.63) is 29.8 Å². The summed E-state index contributed by atoms with van der Waals surface area (Å²) in [5, 5.41) is 2.95. The van der Waals surface area contributed by atoms with Crippen LogP contribution < -0.4 is 5.32 Å². The highest BCUT2D eigenvalue weighted by Crippen LogP contribution is 2.08. The molecule has 0 heterocycles. The van der Waals surface area contributed by atoms with Crippen molar-refractivity contribution >= 4 is 18.5 Å². The topological polar surface area (TPSA) is 29.1 Å². The van der Waals surface area contributed by atoms with Crippen LogP contribution in [-0.4, -0.2) is 12.5 Å². The van der Waals surface area contributed by atoms with Crippen LogP contribution in [0.15, 0.2) is 29.2 Å². The molecule has 94 valence electrons. The number of carbonyl (C=O) groups is 1. The molecule has 0 saturated carbocycles. The zero-order valence-corrected chi connectivity index (χ0v) is 11.3. The van der Waals surface area contributed by atoms with Gasteiger partial charge in [-0.1, -0.05) is 38.3 Å². The van der Waals surface area contributed by atoms with Gasteiger partial charge in [0.1, 0.15) is 0 Å². The lowest BCUT2D eigenvalue weighted by Crippen LogP contribution is -2.26. The van der Waals surface area contributed by atoms with Crippen molar-refractivity contribution in [2.45, 2.75) is 43.9 Å². The monoisotopic (exact) mass is 251 g/mol. The Labute approximate surface area is 109 Å². The number of benzene rings is 1. The van der Waals surface area contributed by atoms with Gasteiger partial charge in [-0.3, -0.25) is 4.79 Å². The summed E-state index contributed by atoms with van der Waals surface area (Å²) in [6, 6.07) is 7.71. The van der Waals surface area contributed by atoms with Gasteiger partial charge in [0.25, 0.3) is 0 Å². The normalized spacial score (nSPS) is 10.2. The first kappa shape index (κ1) is 14.1. The average Bonchev–Trinajstić information content (AvgIpc) is 2.32. The summed E-state index contributed by atoms with van der Waals surface area (Å²) in [5.41, 5.74) is 1.04. The fourth-order valence-corrected chi connectivity index (χ4v) is 1.79. The molecule has 0 fully saturated rings. The summed E-state index contributed by atoms with van der Waals surface area (Å²) in [4.78, 5) is 12.5. The van der Waals surface area contributed by atoms with Crippen molar-refractivity contribution in [3.63, 3.8) is 0 Å². The van der Waals surface area contributed by atoms with Crippen molar-refractivity contribution in [2.24, 2.45) is 0 Å². The predicted molar refractivity (Wildman–Crippen MR) is 74.5 cm³/mol. The average molecular weight is 251 g/mol.